The molecule has 0 aliphatic rings. The van der Waals surface area contributed by atoms with Crippen LogP contribution in [0, 0.1) is 0 Å². The van der Waals surface area contributed by atoms with Crippen LogP contribution < -0.4 is 5.73 Å². The number of hydrogen-bond acceptors (Lipinski definition) is 3. The summed E-state index contributed by atoms with van der Waals surface area (Å²) >= 11 is 0. The third-order valence-electron chi connectivity index (χ3n) is 3.64. The first-order valence-electron chi connectivity index (χ1n) is 7.39. The number of furan rings is 1. The van der Waals surface area contributed by atoms with Gasteiger partial charge in [0.2, 0.25) is 0 Å². The third-order valence-corrected chi connectivity index (χ3v) is 3.64. The van der Waals surface area contributed by atoms with Gasteiger partial charge in [0.05, 0.1) is 0 Å². The summed E-state index contributed by atoms with van der Waals surface area (Å²) in [6, 6.07) is 18.1. The van der Waals surface area contributed by atoms with Crippen molar-refractivity contribution in [2.75, 3.05) is 0 Å². The molecule has 118 valence electrons. The van der Waals surface area contributed by atoms with E-state index in [4.69, 9.17) is 15.0 Å². The van der Waals surface area contributed by atoms with Crippen LogP contribution in [0.4, 0.5) is 4.79 Å². The highest BCUT2D eigenvalue weighted by Gasteiger charge is 2.24. The highest BCUT2D eigenvalue weighted by atomic mass is 16.7. The first-order valence-corrected chi connectivity index (χ1v) is 7.39. The number of benzene rings is 2. The summed E-state index contributed by atoms with van der Waals surface area (Å²) in [6.45, 7) is 2.07. The van der Waals surface area contributed by atoms with Gasteiger partial charge >= 0.3 is 6.03 Å². The highest BCUT2D eigenvalue weighted by molar-refractivity contribution is 5.78. The molecule has 5 nitrogen and oxygen atoms in total. The average molecular weight is 310 g/mol. The maximum absolute atomic E-state index is 11.7. The van der Waals surface area contributed by atoms with E-state index in [9.17, 15) is 4.79 Å². The van der Waals surface area contributed by atoms with Crippen molar-refractivity contribution in [3.8, 4) is 0 Å². The number of para-hydroxylation sites is 1. The summed E-state index contributed by atoms with van der Waals surface area (Å²) < 4.78 is 5.78. The number of hydrogen-bond donors (Lipinski definition) is 1. The molecule has 0 fully saturated rings. The number of nitrogens with zero attached hydrogens (tertiary/aromatic N) is 1. The zero-order valence-electron chi connectivity index (χ0n) is 12.8. The molecule has 2 amide bonds. The second-order valence-corrected chi connectivity index (χ2v) is 5.29. The SMILES string of the molecule is C[C@H](c1cc2ccccc2o1)N(OCc1ccccc1)C(N)=O. The van der Waals surface area contributed by atoms with Gasteiger partial charge in [-0.25, -0.2) is 4.79 Å². The van der Waals surface area contributed by atoms with Gasteiger partial charge in [0, 0.05) is 5.39 Å². The third kappa shape index (κ3) is 3.35. The van der Waals surface area contributed by atoms with Crippen molar-refractivity contribution in [1.82, 2.24) is 5.06 Å². The zero-order valence-corrected chi connectivity index (χ0v) is 12.8. The van der Waals surface area contributed by atoms with Gasteiger partial charge < -0.3 is 10.2 Å². The van der Waals surface area contributed by atoms with Crippen LogP contribution in [0.3, 0.4) is 0 Å². The summed E-state index contributed by atoms with van der Waals surface area (Å²) in [5, 5.41) is 2.12. The Bertz CT molecular complexity index is 765. The Morgan fingerprint density at radius 1 is 1.17 bits per heavy atom. The monoisotopic (exact) mass is 310 g/mol. The molecule has 0 unspecified atom stereocenters. The van der Waals surface area contributed by atoms with Gasteiger partial charge in [-0.1, -0.05) is 48.5 Å². The van der Waals surface area contributed by atoms with Crippen molar-refractivity contribution in [3.63, 3.8) is 0 Å². The summed E-state index contributed by atoms with van der Waals surface area (Å²) in [6.07, 6.45) is 0. The second-order valence-electron chi connectivity index (χ2n) is 5.29. The Balaban J connectivity index is 1.78. The molecule has 0 saturated heterocycles. The fourth-order valence-corrected chi connectivity index (χ4v) is 2.41. The van der Waals surface area contributed by atoms with E-state index in [-0.39, 0.29) is 6.61 Å². The fraction of sp³-hybridized carbons (Fsp3) is 0.167. The quantitative estimate of drug-likeness (QED) is 0.724. The molecule has 3 rings (SSSR count). The van der Waals surface area contributed by atoms with Gasteiger partial charge in [-0.2, -0.15) is 5.06 Å². The molecule has 0 bridgehead atoms. The molecule has 0 spiro atoms. The number of hydroxylamine groups is 2. The molecular formula is C18H18N2O3. The molecule has 1 atom stereocenters. The smallest absolute Gasteiger partial charge is 0.339 e. The number of carbonyl (C=O) groups is 1. The van der Waals surface area contributed by atoms with E-state index in [2.05, 4.69) is 0 Å². The van der Waals surface area contributed by atoms with Gasteiger partial charge in [-0.3, -0.25) is 4.84 Å². The maximum Gasteiger partial charge on any atom is 0.339 e. The lowest BCUT2D eigenvalue weighted by atomic mass is 10.2. The molecule has 3 aromatic rings. The lowest BCUT2D eigenvalue weighted by Gasteiger charge is -2.24. The Labute approximate surface area is 134 Å². The van der Waals surface area contributed by atoms with Gasteiger partial charge in [-0.05, 0) is 24.6 Å². The number of urea groups is 1. The Morgan fingerprint density at radius 3 is 2.57 bits per heavy atom. The number of amides is 2. The molecule has 1 heterocycles. The van der Waals surface area contributed by atoms with E-state index in [1.807, 2.05) is 67.6 Å². The first kappa shape index (κ1) is 15.1. The van der Waals surface area contributed by atoms with E-state index >= 15 is 0 Å². The molecule has 0 radical (unpaired) electrons. The minimum absolute atomic E-state index is 0.258. The molecule has 0 aliphatic heterocycles. The van der Waals surface area contributed by atoms with Gasteiger partial charge in [0.15, 0.2) is 0 Å². The zero-order chi connectivity index (χ0) is 16.2. The van der Waals surface area contributed by atoms with E-state index in [1.165, 1.54) is 0 Å². The molecule has 23 heavy (non-hydrogen) atoms. The summed E-state index contributed by atoms with van der Waals surface area (Å²) in [7, 11) is 0. The number of carbonyl (C=O) groups excluding carboxylic acids is 1. The number of fused-ring (bicyclic) bond motifs is 1. The summed E-state index contributed by atoms with van der Waals surface area (Å²) in [5.41, 5.74) is 7.17. The minimum atomic E-state index is -0.658. The van der Waals surface area contributed by atoms with Crippen LogP contribution in [-0.4, -0.2) is 11.1 Å². The van der Waals surface area contributed by atoms with Crippen molar-refractivity contribution >= 4 is 17.0 Å². The summed E-state index contributed by atoms with van der Waals surface area (Å²) in [5.74, 6) is 0.623. The average Bonchev–Trinajstić information content (AvgIpc) is 2.99. The molecule has 1 aromatic heterocycles. The molecule has 0 saturated carbocycles. The van der Waals surface area contributed by atoms with Crippen LogP contribution in [0.5, 0.6) is 0 Å². The van der Waals surface area contributed by atoms with E-state index in [0.717, 1.165) is 21.6 Å². The van der Waals surface area contributed by atoms with Crippen molar-refractivity contribution in [1.29, 1.82) is 0 Å². The van der Waals surface area contributed by atoms with Crippen LogP contribution in [0.25, 0.3) is 11.0 Å². The van der Waals surface area contributed by atoms with Crippen LogP contribution in [-0.2, 0) is 11.4 Å². The normalized spacial score (nSPS) is 12.2. The number of nitrogens with two attached hydrogens (primary N) is 1. The van der Waals surface area contributed by atoms with Crippen LogP contribution in [0.15, 0.2) is 65.1 Å². The Kier molecular flexibility index (Phi) is 4.30. The van der Waals surface area contributed by atoms with Gasteiger partial charge in [0.1, 0.15) is 24.0 Å². The van der Waals surface area contributed by atoms with E-state index < -0.39 is 12.1 Å². The van der Waals surface area contributed by atoms with Crippen molar-refractivity contribution in [2.24, 2.45) is 5.73 Å². The van der Waals surface area contributed by atoms with E-state index in [0.29, 0.717) is 5.76 Å². The predicted molar refractivity (Wildman–Crippen MR) is 87.3 cm³/mol. The molecule has 2 aromatic carbocycles. The largest absolute Gasteiger partial charge is 0.459 e. The lowest BCUT2D eigenvalue weighted by molar-refractivity contribution is -0.153. The second kappa shape index (κ2) is 6.54. The first-order chi connectivity index (χ1) is 11.1. The minimum Gasteiger partial charge on any atom is -0.459 e. The van der Waals surface area contributed by atoms with Gasteiger partial charge in [-0.15, -0.1) is 0 Å². The Morgan fingerprint density at radius 2 is 1.87 bits per heavy atom. The van der Waals surface area contributed by atoms with Crippen molar-refractivity contribution < 1.29 is 14.0 Å². The highest BCUT2D eigenvalue weighted by Crippen LogP contribution is 2.27. The van der Waals surface area contributed by atoms with E-state index in [1.54, 1.807) is 0 Å². The maximum atomic E-state index is 11.7. The van der Waals surface area contributed by atoms with Crippen LogP contribution in [0.2, 0.25) is 0 Å². The standard InChI is InChI=1S/C18H18N2O3/c1-13(17-11-15-9-5-6-10-16(15)23-17)20(18(19)21)22-12-14-7-3-2-4-8-14/h2-11,13H,12H2,1H3,(H2,19,21)/t13-/m1/s1. The fourth-order valence-electron chi connectivity index (χ4n) is 2.41. The molecule has 5 heteroatoms. The Hall–Kier alpha value is -2.79. The van der Waals surface area contributed by atoms with Crippen LogP contribution >= 0.6 is 0 Å². The number of rotatable bonds is 5. The lowest BCUT2D eigenvalue weighted by Crippen LogP contribution is -2.37. The number of primary amides is 1. The predicted octanol–water partition coefficient (Wildman–Crippen LogP) is 4.01. The van der Waals surface area contributed by atoms with Crippen molar-refractivity contribution in [3.05, 3.63) is 72.0 Å². The molecule has 2 N–H and O–H groups in total. The van der Waals surface area contributed by atoms with Crippen LogP contribution in [0.1, 0.15) is 24.3 Å². The topological polar surface area (TPSA) is 68.7 Å². The van der Waals surface area contributed by atoms with Gasteiger partial charge in [0.25, 0.3) is 0 Å². The van der Waals surface area contributed by atoms with Crippen molar-refractivity contribution in [2.45, 2.75) is 19.6 Å². The molecule has 0 aliphatic carbocycles. The molecular weight excluding hydrogens is 292 g/mol. The summed E-state index contributed by atoms with van der Waals surface area (Å²) in [4.78, 5) is 17.3.